The summed E-state index contributed by atoms with van der Waals surface area (Å²) in [6, 6.07) is 5.85. The van der Waals surface area contributed by atoms with E-state index in [4.69, 9.17) is 5.11 Å². The molecule has 0 aliphatic heterocycles. The normalized spacial score (nSPS) is 10.6. The Kier molecular flexibility index (Phi) is 3.50. The van der Waals surface area contributed by atoms with E-state index in [1.807, 2.05) is 44.1 Å². The summed E-state index contributed by atoms with van der Waals surface area (Å²) in [5, 5.41) is 8.49. The van der Waals surface area contributed by atoms with Crippen molar-refractivity contribution in [2.75, 3.05) is 19.0 Å². The third kappa shape index (κ3) is 3.13. The van der Waals surface area contributed by atoms with Crippen molar-refractivity contribution in [3.8, 4) is 0 Å². The van der Waals surface area contributed by atoms with Crippen LogP contribution in [0, 0.1) is 6.92 Å². The molecule has 0 heterocycles. The van der Waals surface area contributed by atoms with Crippen molar-refractivity contribution in [2.24, 2.45) is 0 Å². The summed E-state index contributed by atoms with van der Waals surface area (Å²) in [7, 11) is 3.96. The van der Waals surface area contributed by atoms with Gasteiger partial charge < -0.3 is 10.0 Å². The number of carbonyl (C=O) groups is 1. The number of anilines is 1. The maximum Gasteiger partial charge on any atom is 0.328 e. The first-order valence-corrected chi connectivity index (χ1v) is 4.69. The lowest BCUT2D eigenvalue weighted by molar-refractivity contribution is -0.131. The van der Waals surface area contributed by atoms with E-state index in [9.17, 15) is 4.79 Å². The SMILES string of the molecule is Cc1cc(/C=C/C(=O)O)ccc1N(C)C. The van der Waals surface area contributed by atoms with Gasteiger partial charge in [-0.3, -0.25) is 0 Å². The molecular weight excluding hydrogens is 190 g/mol. The number of carboxylic acids is 1. The van der Waals surface area contributed by atoms with Crippen molar-refractivity contribution < 1.29 is 9.90 Å². The molecule has 0 radical (unpaired) electrons. The van der Waals surface area contributed by atoms with Crippen molar-refractivity contribution in [2.45, 2.75) is 6.92 Å². The van der Waals surface area contributed by atoms with Crippen LogP contribution in [0.4, 0.5) is 5.69 Å². The van der Waals surface area contributed by atoms with E-state index in [1.54, 1.807) is 6.08 Å². The van der Waals surface area contributed by atoms with Crippen molar-refractivity contribution >= 4 is 17.7 Å². The monoisotopic (exact) mass is 205 g/mol. The predicted octanol–water partition coefficient (Wildman–Crippen LogP) is 2.16. The predicted molar refractivity (Wildman–Crippen MR) is 62.2 cm³/mol. The van der Waals surface area contributed by atoms with Crippen molar-refractivity contribution in [3.05, 3.63) is 35.4 Å². The van der Waals surface area contributed by atoms with Gasteiger partial charge >= 0.3 is 5.97 Å². The molecule has 1 rings (SSSR count). The Balaban J connectivity index is 2.96. The first-order valence-electron chi connectivity index (χ1n) is 4.69. The summed E-state index contributed by atoms with van der Waals surface area (Å²) in [5.74, 6) is -0.927. The van der Waals surface area contributed by atoms with Crippen molar-refractivity contribution in [1.29, 1.82) is 0 Å². The van der Waals surface area contributed by atoms with Gasteiger partial charge in [-0.15, -0.1) is 0 Å². The molecule has 0 fully saturated rings. The minimum atomic E-state index is -0.927. The van der Waals surface area contributed by atoms with E-state index >= 15 is 0 Å². The Bertz CT molecular complexity index is 395. The molecule has 15 heavy (non-hydrogen) atoms. The molecule has 80 valence electrons. The van der Waals surface area contributed by atoms with Crippen LogP contribution in [-0.2, 0) is 4.79 Å². The van der Waals surface area contributed by atoms with Crippen LogP contribution >= 0.6 is 0 Å². The summed E-state index contributed by atoms with van der Waals surface area (Å²) in [5.41, 5.74) is 3.18. The number of benzene rings is 1. The van der Waals surface area contributed by atoms with E-state index in [1.165, 1.54) is 0 Å². The maximum absolute atomic E-state index is 10.3. The molecule has 1 N–H and O–H groups in total. The van der Waals surface area contributed by atoms with Crippen molar-refractivity contribution in [3.63, 3.8) is 0 Å². The first-order chi connectivity index (χ1) is 7.00. The second kappa shape index (κ2) is 4.64. The summed E-state index contributed by atoms with van der Waals surface area (Å²) < 4.78 is 0. The molecule has 3 heteroatoms. The molecule has 0 saturated heterocycles. The lowest BCUT2D eigenvalue weighted by Gasteiger charge is -2.15. The van der Waals surface area contributed by atoms with E-state index in [0.29, 0.717) is 0 Å². The van der Waals surface area contributed by atoms with Gasteiger partial charge in [-0.05, 0) is 36.3 Å². The van der Waals surface area contributed by atoms with E-state index in [-0.39, 0.29) is 0 Å². The standard InChI is InChI=1S/C12H15NO2/c1-9-8-10(5-7-12(14)15)4-6-11(9)13(2)3/h4-8H,1-3H3,(H,14,15)/b7-5+. The molecule has 0 amide bonds. The van der Waals surface area contributed by atoms with Crippen LogP contribution in [-0.4, -0.2) is 25.2 Å². The molecule has 3 nitrogen and oxygen atoms in total. The maximum atomic E-state index is 10.3. The molecule has 0 saturated carbocycles. The Morgan fingerprint density at radius 1 is 1.40 bits per heavy atom. The second-order valence-corrected chi connectivity index (χ2v) is 3.61. The highest BCUT2D eigenvalue weighted by atomic mass is 16.4. The van der Waals surface area contributed by atoms with Gasteiger partial charge in [0, 0.05) is 25.9 Å². The third-order valence-electron chi connectivity index (χ3n) is 2.12. The molecule has 0 bridgehead atoms. The van der Waals surface area contributed by atoms with Crippen LogP contribution in [0.1, 0.15) is 11.1 Å². The molecule has 0 aliphatic carbocycles. The summed E-state index contributed by atoms with van der Waals surface area (Å²) in [6.07, 6.45) is 2.74. The van der Waals surface area contributed by atoms with Gasteiger partial charge in [-0.1, -0.05) is 6.07 Å². The van der Waals surface area contributed by atoms with Gasteiger partial charge in [0.2, 0.25) is 0 Å². The minimum absolute atomic E-state index is 0.903. The fourth-order valence-corrected chi connectivity index (χ4v) is 1.45. The smallest absolute Gasteiger partial charge is 0.328 e. The van der Waals surface area contributed by atoms with Crippen LogP contribution < -0.4 is 4.90 Å². The zero-order chi connectivity index (χ0) is 11.4. The number of nitrogens with zero attached hydrogens (tertiary/aromatic N) is 1. The highest BCUT2D eigenvalue weighted by Crippen LogP contribution is 2.19. The largest absolute Gasteiger partial charge is 0.478 e. The number of rotatable bonds is 3. The second-order valence-electron chi connectivity index (χ2n) is 3.61. The Morgan fingerprint density at radius 3 is 2.53 bits per heavy atom. The average molecular weight is 205 g/mol. The van der Waals surface area contributed by atoms with Crippen LogP contribution in [0.2, 0.25) is 0 Å². The van der Waals surface area contributed by atoms with Crippen LogP contribution in [0.25, 0.3) is 6.08 Å². The average Bonchev–Trinajstić information content (AvgIpc) is 2.14. The highest BCUT2D eigenvalue weighted by molar-refractivity contribution is 5.85. The summed E-state index contributed by atoms with van der Waals surface area (Å²) in [4.78, 5) is 12.4. The highest BCUT2D eigenvalue weighted by Gasteiger charge is 2.00. The van der Waals surface area contributed by atoms with Crippen LogP contribution in [0.3, 0.4) is 0 Å². The fraction of sp³-hybridized carbons (Fsp3) is 0.250. The van der Waals surface area contributed by atoms with Gasteiger partial charge in [-0.25, -0.2) is 4.79 Å². The Labute approximate surface area is 89.6 Å². The third-order valence-corrected chi connectivity index (χ3v) is 2.12. The fourth-order valence-electron chi connectivity index (χ4n) is 1.45. The molecule has 0 aliphatic rings. The molecule has 1 aromatic carbocycles. The van der Waals surface area contributed by atoms with Gasteiger partial charge in [0.1, 0.15) is 0 Å². The Morgan fingerprint density at radius 2 is 2.07 bits per heavy atom. The quantitative estimate of drug-likeness (QED) is 0.769. The number of hydrogen-bond acceptors (Lipinski definition) is 2. The van der Waals surface area contributed by atoms with Gasteiger partial charge in [0.05, 0.1) is 0 Å². The lowest BCUT2D eigenvalue weighted by Crippen LogP contribution is -2.09. The molecule has 0 spiro atoms. The topological polar surface area (TPSA) is 40.5 Å². The number of hydrogen-bond donors (Lipinski definition) is 1. The Hall–Kier alpha value is -1.77. The minimum Gasteiger partial charge on any atom is -0.478 e. The number of carboxylic acid groups (broad SMARTS) is 1. The van der Waals surface area contributed by atoms with E-state index in [2.05, 4.69) is 0 Å². The molecule has 0 atom stereocenters. The van der Waals surface area contributed by atoms with E-state index in [0.717, 1.165) is 22.9 Å². The molecule has 1 aromatic rings. The summed E-state index contributed by atoms with van der Waals surface area (Å²) >= 11 is 0. The molecular formula is C12H15NO2. The van der Waals surface area contributed by atoms with Gasteiger partial charge in [-0.2, -0.15) is 0 Å². The van der Waals surface area contributed by atoms with Crippen LogP contribution in [0.15, 0.2) is 24.3 Å². The first kappa shape index (κ1) is 11.3. The zero-order valence-electron chi connectivity index (χ0n) is 9.19. The summed E-state index contributed by atoms with van der Waals surface area (Å²) in [6.45, 7) is 2.01. The van der Waals surface area contributed by atoms with Crippen LogP contribution in [0.5, 0.6) is 0 Å². The lowest BCUT2D eigenvalue weighted by atomic mass is 10.1. The number of aliphatic carboxylic acids is 1. The van der Waals surface area contributed by atoms with Crippen molar-refractivity contribution in [1.82, 2.24) is 0 Å². The number of aryl methyl sites for hydroxylation is 1. The molecule has 0 aromatic heterocycles. The van der Waals surface area contributed by atoms with Gasteiger partial charge in [0.15, 0.2) is 0 Å². The van der Waals surface area contributed by atoms with Gasteiger partial charge in [0.25, 0.3) is 0 Å². The zero-order valence-corrected chi connectivity index (χ0v) is 9.19. The van der Waals surface area contributed by atoms with E-state index < -0.39 is 5.97 Å². The molecule has 0 unspecified atom stereocenters.